The Morgan fingerprint density at radius 1 is 1.06 bits per heavy atom. The molecule has 3 heterocycles. The molecule has 0 spiro atoms. The molecule has 2 aromatic heterocycles. The molecule has 0 amide bonds. The minimum atomic E-state index is -4.58. The summed E-state index contributed by atoms with van der Waals surface area (Å²) in [6.45, 7) is 0.626. The number of halogens is 3. The van der Waals surface area contributed by atoms with Crippen LogP contribution < -0.4 is 16.4 Å². The third-order valence-corrected chi connectivity index (χ3v) is 6.64. The Morgan fingerprint density at radius 3 is 2.62 bits per heavy atom. The van der Waals surface area contributed by atoms with Crippen molar-refractivity contribution in [2.75, 3.05) is 22.9 Å². The molecule has 1 saturated carbocycles. The van der Waals surface area contributed by atoms with Crippen molar-refractivity contribution < 1.29 is 23.4 Å². The summed E-state index contributed by atoms with van der Waals surface area (Å²) < 4.78 is 39.2. The van der Waals surface area contributed by atoms with Crippen molar-refractivity contribution in [1.29, 1.82) is 0 Å². The molecule has 0 radical (unpaired) electrons. The van der Waals surface area contributed by atoms with E-state index in [4.69, 9.17) is 11.5 Å². The van der Waals surface area contributed by atoms with Gasteiger partial charge in [-0.05, 0) is 30.5 Å². The first-order valence-corrected chi connectivity index (χ1v) is 10.8. The standard InChI is InChI=1S/C23H23F3N6O2/c24-23(25,26)15-8-12-3-1-11(7-16(12)31-21(15)28)2-4-13-9-17(19(34)18(13)33)32-6-5-14-20(27)29-10-30-22(14)32/h1-4,7-8,10,13,17-19,33-34H,5-6,9H2,(H2,28,31)(H2,27,29,30)/b4-2+/t13-,17+,18+,19-/m0/s1. The van der Waals surface area contributed by atoms with E-state index in [-0.39, 0.29) is 12.0 Å². The molecule has 0 saturated heterocycles. The van der Waals surface area contributed by atoms with Gasteiger partial charge in [-0.1, -0.05) is 24.3 Å². The number of benzene rings is 1. The first-order valence-electron chi connectivity index (χ1n) is 10.8. The van der Waals surface area contributed by atoms with Gasteiger partial charge in [0.15, 0.2) is 0 Å². The van der Waals surface area contributed by atoms with Crippen molar-refractivity contribution >= 4 is 34.4 Å². The van der Waals surface area contributed by atoms with Crippen molar-refractivity contribution in [3.8, 4) is 0 Å². The van der Waals surface area contributed by atoms with E-state index in [0.29, 0.717) is 47.5 Å². The van der Waals surface area contributed by atoms with Crippen LogP contribution in [-0.2, 0) is 12.6 Å². The molecule has 0 bridgehead atoms. The van der Waals surface area contributed by atoms with Gasteiger partial charge in [0.05, 0.1) is 23.2 Å². The van der Waals surface area contributed by atoms with Gasteiger partial charge in [0.25, 0.3) is 0 Å². The van der Waals surface area contributed by atoms with E-state index in [2.05, 4.69) is 15.0 Å². The first-order chi connectivity index (χ1) is 16.1. The summed E-state index contributed by atoms with van der Waals surface area (Å²) in [5.74, 6) is 0.202. The van der Waals surface area contributed by atoms with E-state index in [0.717, 1.165) is 11.6 Å². The van der Waals surface area contributed by atoms with Gasteiger partial charge >= 0.3 is 6.18 Å². The molecule has 178 valence electrons. The predicted octanol–water partition coefficient (Wildman–Crippen LogP) is 2.39. The number of pyridine rings is 1. The van der Waals surface area contributed by atoms with Crippen LogP contribution in [0.25, 0.3) is 17.0 Å². The lowest BCUT2D eigenvalue weighted by atomic mass is 10.0. The lowest BCUT2D eigenvalue weighted by molar-refractivity contribution is -0.137. The van der Waals surface area contributed by atoms with E-state index < -0.39 is 29.8 Å². The van der Waals surface area contributed by atoms with E-state index in [1.165, 1.54) is 6.33 Å². The van der Waals surface area contributed by atoms with Crippen LogP contribution in [-0.4, -0.2) is 50.0 Å². The zero-order chi connectivity index (χ0) is 24.2. The average Bonchev–Trinajstić information content (AvgIpc) is 3.33. The van der Waals surface area contributed by atoms with E-state index in [1.54, 1.807) is 30.4 Å². The molecular formula is C23H23F3N6O2. The normalized spacial score (nSPS) is 24.9. The highest BCUT2D eigenvalue weighted by Gasteiger charge is 2.45. The Kier molecular flexibility index (Phi) is 5.33. The number of nitrogens with zero attached hydrogens (tertiary/aromatic N) is 4. The summed E-state index contributed by atoms with van der Waals surface area (Å²) in [5, 5.41) is 21.7. The smallest absolute Gasteiger partial charge is 0.390 e. The summed E-state index contributed by atoms with van der Waals surface area (Å²) in [6.07, 6.45) is -0.415. The number of fused-ring (bicyclic) bond motifs is 2. The Balaban J connectivity index is 1.36. The fourth-order valence-electron chi connectivity index (χ4n) is 4.87. The Hall–Kier alpha value is -3.44. The zero-order valence-electron chi connectivity index (χ0n) is 17.9. The van der Waals surface area contributed by atoms with Crippen molar-refractivity contribution in [2.45, 2.75) is 37.3 Å². The van der Waals surface area contributed by atoms with Gasteiger partial charge in [0.1, 0.15) is 29.9 Å². The molecule has 4 atom stereocenters. The van der Waals surface area contributed by atoms with Crippen LogP contribution in [0.3, 0.4) is 0 Å². The molecule has 0 unspecified atom stereocenters. The number of nitrogen functional groups attached to an aromatic ring is 2. The molecule has 1 fully saturated rings. The number of hydrogen-bond acceptors (Lipinski definition) is 8. The fraction of sp³-hybridized carbons (Fsp3) is 0.348. The monoisotopic (exact) mass is 472 g/mol. The van der Waals surface area contributed by atoms with Crippen LogP contribution in [0.1, 0.15) is 23.1 Å². The molecule has 8 nitrogen and oxygen atoms in total. The topological polar surface area (TPSA) is 134 Å². The Labute approximate surface area is 192 Å². The second-order valence-electron chi connectivity index (χ2n) is 8.68. The number of rotatable bonds is 3. The molecule has 2 aliphatic rings. The highest BCUT2D eigenvalue weighted by molar-refractivity contribution is 5.84. The second kappa shape index (κ2) is 8.10. The summed E-state index contributed by atoms with van der Waals surface area (Å²) in [5.41, 5.74) is 12.4. The number of alkyl halides is 3. The van der Waals surface area contributed by atoms with Gasteiger partial charge in [0, 0.05) is 23.4 Å². The maximum absolute atomic E-state index is 13.1. The van der Waals surface area contributed by atoms with Crippen LogP contribution in [0.5, 0.6) is 0 Å². The molecule has 1 aliphatic heterocycles. The number of nitrogens with two attached hydrogens (primary N) is 2. The van der Waals surface area contributed by atoms with Crippen molar-refractivity contribution in [3.05, 3.63) is 53.4 Å². The van der Waals surface area contributed by atoms with E-state index >= 15 is 0 Å². The second-order valence-corrected chi connectivity index (χ2v) is 8.68. The van der Waals surface area contributed by atoms with E-state index in [9.17, 15) is 23.4 Å². The van der Waals surface area contributed by atoms with Crippen LogP contribution in [0.2, 0.25) is 0 Å². The average molecular weight is 472 g/mol. The predicted molar refractivity (Wildman–Crippen MR) is 122 cm³/mol. The molecule has 6 N–H and O–H groups in total. The summed E-state index contributed by atoms with van der Waals surface area (Å²) in [6, 6.07) is 5.50. The summed E-state index contributed by atoms with van der Waals surface area (Å²) in [4.78, 5) is 14.2. The highest BCUT2D eigenvalue weighted by atomic mass is 19.4. The third-order valence-electron chi connectivity index (χ3n) is 6.64. The van der Waals surface area contributed by atoms with Crippen LogP contribution >= 0.6 is 0 Å². The maximum Gasteiger partial charge on any atom is 0.419 e. The molecular weight excluding hydrogens is 449 g/mol. The van der Waals surface area contributed by atoms with Crippen LogP contribution in [0.4, 0.5) is 30.6 Å². The Morgan fingerprint density at radius 2 is 1.85 bits per heavy atom. The minimum Gasteiger partial charge on any atom is -0.390 e. The SMILES string of the molecule is Nc1nc2cc(/C=C/[C@H]3C[C@@H](N4CCc5c(N)ncnc54)[C@H](O)[C@@H]3O)ccc2cc1C(F)(F)F. The first kappa shape index (κ1) is 22.4. The van der Waals surface area contributed by atoms with Crippen molar-refractivity contribution in [1.82, 2.24) is 15.0 Å². The molecule has 5 rings (SSSR count). The highest BCUT2D eigenvalue weighted by Crippen LogP contribution is 2.39. The minimum absolute atomic E-state index is 0.323. The number of hydrogen-bond donors (Lipinski definition) is 4. The van der Waals surface area contributed by atoms with E-state index in [1.807, 2.05) is 4.90 Å². The van der Waals surface area contributed by atoms with Gasteiger partial charge in [-0.15, -0.1) is 0 Å². The van der Waals surface area contributed by atoms with Gasteiger partial charge in [-0.25, -0.2) is 15.0 Å². The molecule has 1 aliphatic carbocycles. The lowest BCUT2D eigenvalue weighted by Crippen LogP contribution is -2.43. The molecule has 3 aromatic rings. The van der Waals surface area contributed by atoms with Gasteiger partial charge < -0.3 is 26.6 Å². The number of aliphatic hydroxyl groups is 2. The van der Waals surface area contributed by atoms with Crippen LogP contribution in [0.15, 0.2) is 36.7 Å². The van der Waals surface area contributed by atoms with Gasteiger partial charge in [-0.2, -0.15) is 13.2 Å². The Bertz CT molecular complexity index is 1280. The number of aromatic nitrogens is 3. The maximum atomic E-state index is 13.1. The van der Waals surface area contributed by atoms with Crippen LogP contribution in [0, 0.1) is 5.92 Å². The fourth-order valence-corrected chi connectivity index (χ4v) is 4.87. The third kappa shape index (κ3) is 3.80. The summed E-state index contributed by atoms with van der Waals surface area (Å²) >= 11 is 0. The number of aliphatic hydroxyl groups excluding tert-OH is 2. The van der Waals surface area contributed by atoms with Crippen molar-refractivity contribution in [2.24, 2.45) is 5.92 Å². The molecule has 34 heavy (non-hydrogen) atoms. The lowest BCUT2D eigenvalue weighted by Gasteiger charge is -2.28. The number of anilines is 3. The quantitative estimate of drug-likeness (QED) is 0.457. The largest absolute Gasteiger partial charge is 0.419 e. The zero-order valence-corrected chi connectivity index (χ0v) is 17.9. The van der Waals surface area contributed by atoms with Gasteiger partial charge in [0.2, 0.25) is 0 Å². The molecule has 1 aromatic carbocycles. The van der Waals surface area contributed by atoms with Crippen molar-refractivity contribution in [3.63, 3.8) is 0 Å². The molecule has 11 heteroatoms. The summed E-state index contributed by atoms with van der Waals surface area (Å²) in [7, 11) is 0. The van der Waals surface area contributed by atoms with Gasteiger partial charge in [-0.3, -0.25) is 0 Å².